The van der Waals surface area contributed by atoms with E-state index < -0.39 is 5.41 Å². The molecule has 0 aliphatic heterocycles. The molecule has 0 heterocycles. The van der Waals surface area contributed by atoms with Crippen LogP contribution in [0.15, 0.2) is 0 Å². The van der Waals surface area contributed by atoms with Gasteiger partial charge in [0.25, 0.3) is 0 Å². The molecule has 1 rings (SSSR count). The van der Waals surface area contributed by atoms with Gasteiger partial charge in [-0.2, -0.15) is 5.26 Å². The molecule has 0 radical (unpaired) electrons. The van der Waals surface area contributed by atoms with E-state index in [1.807, 2.05) is 6.92 Å². The summed E-state index contributed by atoms with van der Waals surface area (Å²) in [6, 6.07) is 2.09. The van der Waals surface area contributed by atoms with Gasteiger partial charge >= 0.3 is 0 Å². The fourth-order valence-corrected chi connectivity index (χ4v) is 1.25. The maximum atomic E-state index is 11.2. The molecule has 0 aromatic rings. The molecule has 3 nitrogen and oxygen atoms in total. The highest BCUT2D eigenvalue weighted by Gasteiger charge is 2.44. The molecule has 0 bridgehead atoms. The Hall–Kier alpha value is -1.04. The lowest BCUT2D eigenvalue weighted by atomic mass is 9.69. The van der Waals surface area contributed by atoms with Gasteiger partial charge in [0.2, 0.25) is 5.91 Å². The predicted molar refractivity (Wildman–Crippen MR) is 40.6 cm³/mol. The number of nitriles is 1. The van der Waals surface area contributed by atoms with E-state index in [1.54, 1.807) is 0 Å². The van der Waals surface area contributed by atoms with E-state index in [1.165, 1.54) is 0 Å². The second-order valence-electron chi connectivity index (χ2n) is 2.91. The van der Waals surface area contributed by atoms with Gasteiger partial charge in [-0.15, -0.1) is 0 Å². The molecule has 60 valence electrons. The summed E-state index contributed by atoms with van der Waals surface area (Å²) < 4.78 is 0. The molecule has 3 heteroatoms. The molecule has 1 N–H and O–H groups in total. The maximum Gasteiger partial charge on any atom is 0.240 e. The molecule has 1 saturated carbocycles. The third-order valence-corrected chi connectivity index (χ3v) is 2.19. The van der Waals surface area contributed by atoms with Gasteiger partial charge in [-0.25, -0.2) is 0 Å². The highest BCUT2D eigenvalue weighted by Crippen LogP contribution is 2.40. The molecule has 1 aliphatic carbocycles. The Morgan fingerprint density at radius 1 is 1.73 bits per heavy atom. The fourth-order valence-electron chi connectivity index (χ4n) is 1.25. The van der Waals surface area contributed by atoms with Gasteiger partial charge in [-0.3, -0.25) is 4.79 Å². The molecule has 0 aromatic carbocycles. The molecule has 0 atom stereocenters. The summed E-state index contributed by atoms with van der Waals surface area (Å²) in [7, 11) is 0. The zero-order chi connectivity index (χ0) is 8.32. The number of carbonyl (C=O) groups is 1. The minimum absolute atomic E-state index is 0.0891. The van der Waals surface area contributed by atoms with Crippen molar-refractivity contribution in [2.24, 2.45) is 5.41 Å². The fraction of sp³-hybridized carbons (Fsp3) is 0.750. The van der Waals surface area contributed by atoms with Crippen LogP contribution in [0.2, 0.25) is 0 Å². The van der Waals surface area contributed by atoms with Gasteiger partial charge < -0.3 is 5.32 Å². The van der Waals surface area contributed by atoms with E-state index >= 15 is 0 Å². The Kier molecular flexibility index (Phi) is 2.13. The van der Waals surface area contributed by atoms with E-state index in [4.69, 9.17) is 5.26 Å². The van der Waals surface area contributed by atoms with Crippen molar-refractivity contribution < 1.29 is 4.79 Å². The number of hydrogen-bond donors (Lipinski definition) is 1. The van der Waals surface area contributed by atoms with Crippen molar-refractivity contribution in [2.45, 2.75) is 26.2 Å². The first-order chi connectivity index (χ1) is 5.25. The lowest BCUT2D eigenvalue weighted by Crippen LogP contribution is -2.44. The normalized spacial score (nSPS) is 19.6. The molecule has 0 saturated heterocycles. The van der Waals surface area contributed by atoms with Crippen molar-refractivity contribution in [3.8, 4) is 6.07 Å². The molecule has 1 aliphatic rings. The summed E-state index contributed by atoms with van der Waals surface area (Å²) in [6.45, 7) is 2.48. The van der Waals surface area contributed by atoms with Crippen molar-refractivity contribution in [2.75, 3.05) is 6.54 Å². The second kappa shape index (κ2) is 2.91. The monoisotopic (exact) mass is 152 g/mol. The first-order valence-electron chi connectivity index (χ1n) is 3.95. The minimum atomic E-state index is -0.671. The molecule has 1 amide bonds. The number of rotatable bonds is 2. The quantitative estimate of drug-likeness (QED) is 0.636. The molecule has 11 heavy (non-hydrogen) atoms. The van der Waals surface area contributed by atoms with E-state index in [0.717, 1.165) is 19.3 Å². The van der Waals surface area contributed by atoms with Crippen molar-refractivity contribution in [1.82, 2.24) is 5.32 Å². The van der Waals surface area contributed by atoms with Crippen LogP contribution in [0, 0.1) is 16.7 Å². The lowest BCUT2D eigenvalue weighted by Gasteiger charge is -2.33. The van der Waals surface area contributed by atoms with Crippen LogP contribution in [0.1, 0.15) is 26.2 Å². The number of hydrogen-bond acceptors (Lipinski definition) is 2. The third-order valence-electron chi connectivity index (χ3n) is 2.19. The SMILES string of the molecule is CCNC(=O)C1(C#N)CCC1. The lowest BCUT2D eigenvalue weighted by molar-refractivity contribution is -0.131. The van der Waals surface area contributed by atoms with Crippen LogP contribution < -0.4 is 5.32 Å². The molecular weight excluding hydrogens is 140 g/mol. The van der Waals surface area contributed by atoms with Gasteiger partial charge in [-0.05, 0) is 26.2 Å². The van der Waals surface area contributed by atoms with Gasteiger partial charge in [0.15, 0.2) is 0 Å². The Labute approximate surface area is 66.4 Å². The van der Waals surface area contributed by atoms with Gasteiger partial charge in [-0.1, -0.05) is 0 Å². The largest absolute Gasteiger partial charge is 0.355 e. The number of amides is 1. The number of nitrogens with one attached hydrogen (secondary N) is 1. The molecular formula is C8H12N2O. The molecule has 0 spiro atoms. The van der Waals surface area contributed by atoms with Crippen molar-refractivity contribution in [3.05, 3.63) is 0 Å². The topological polar surface area (TPSA) is 52.9 Å². The zero-order valence-electron chi connectivity index (χ0n) is 6.68. The highest BCUT2D eigenvalue weighted by molar-refractivity contribution is 5.86. The highest BCUT2D eigenvalue weighted by atomic mass is 16.2. The van der Waals surface area contributed by atoms with Gasteiger partial charge in [0.1, 0.15) is 5.41 Å². The standard InChI is InChI=1S/C8H12N2O/c1-2-10-7(11)8(6-9)4-3-5-8/h2-5H2,1H3,(H,10,11). The van der Waals surface area contributed by atoms with Gasteiger partial charge in [0, 0.05) is 6.54 Å². The Bertz CT molecular complexity index is 201. The van der Waals surface area contributed by atoms with E-state index in [2.05, 4.69) is 11.4 Å². The first kappa shape index (κ1) is 8.06. The van der Waals surface area contributed by atoms with Crippen LogP contribution in [-0.4, -0.2) is 12.5 Å². The summed E-state index contributed by atoms with van der Waals surface area (Å²) in [5.41, 5.74) is -0.671. The Morgan fingerprint density at radius 3 is 2.64 bits per heavy atom. The van der Waals surface area contributed by atoms with E-state index in [9.17, 15) is 4.79 Å². The average Bonchev–Trinajstić information content (AvgIpc) is 1.87. The second-order valence-corrected chi connectivity index (χ2v) is 2.91. The molecule has 0 aromatic heterocycles. The summed E-state index contributed by atoms with van der Waals surface area (Å²) in [5, 5.41) is 11.4. The van der Waals surface area contributed by atoms with Crippen LogP contribution in [-0.2, 0) is 4.79 Å². The first-order valence-corrected chi connectivity index (χ1v) is 3.95. The average molecular weight is 152 g/mol. The summed E-state index contributed by atoms with van der Waals surface area (Å²) >= 11 is 0. The maximum absolute atomic E-state index is 11.2. The Morgan fingerprint density at radius 2 is 2.36 bits per heavy atom. The summed E-state index contributed by atoms with van der Waals surface area (Å²) in [5.74, 6) is -0.0891. The minimum Gasteiger partial charge on any atom is -0.355 e. The zero-order valence-corrected chi connectivity index (χ0v) is 6.68. The van der Waals surface area contributed by atoms with Crippen LogP contribution in [0.5, 0.6) is 0 Å². The molecule has 0 unspecified atom stereocenters. The number of nitrogens with zero attached hydrogens (tertiary/aromatic N) is 1. The van der Waals surface area contributed by atoms with E-state index in [0.29, 0.717) is 6.54 Å². The van der Waals surface area contributed by atoms with Crippen molar-refractivity contribution in [1.29, 1.82) is 5.26 Å². The molecule has 1 fully saturated rings. The Balaban J connectivity index is 2.57. The predicted octanol–water partition coefficient (Wildman–Crippen LogP) is 0.816. The number of carbonyl (C=O) groups excluding carboxylic acids is 1. The van der Waals surface area contributed by atoms with Crippen LogP contribution in [0.3, 0.4) is 0 Å². The smallest absolute Gasteiger partial charge is 0.240 e. The third kappa shape index (κ3) is 1.21. The summed E-state index contributed by atoms with van der Waals surface area (Å²) in [4.78, 5) is 11.2. The summed E-state index contributed by atoms with van der Waals surface area (Å²) in [6.07, 6.45) is 2.47. The van der Waals surface area contributed by atoms with E-state index in [-0.39, 0.29) is 5.91 Å². The van der Waals surface area contributed by atoms with Crippen LogP contribution in [0.25, 0.3) is 0 Å². The van der Waals surface area contributed by atoms with Gasteiger partial charge in [0.05, 0.1) is 6.07 Å². The van der Waals surface area contributed by atoms with Crippen molar-refractivity contribution in [3.63, 3.8) is 0 Å². The van der Waals surface area contributed by atoms with Crippen molar-refractivity contribution >= 4 is 5.91 Å². The van der Waals surface area contributed by atoms with Crippen LogP contribution in [0.4, 0.5) is 0 Å². The van der Waals surface area contributed by atoms with Crippen LogP contribution >= 0.6 is 0 Å².